The molecule has 0 unspecified atom stereocenters. The van der Waals surface area contributed by atoms with Gasteiger partial charge in [0.1, 0.15) is 6.04 Å². The lowest BCUT2D eigenvalue weighted by Gasteiger charge is -2.29. The number of thiophene rings is 1. The molecule has 3 amide bonds. The van der Waals surface area contributed by atoms with Crippen LogP contribution < -0.4 is 0 Å². The summed E-state index contributed by atoms with van der Waals surface area (Å²) in [5.74, 6) is -1.08. The molecule has 6 heteroatoms. The van der Waals surface area contributed by atoms with Gasteiger partial charge in [0.05, 0.1) is 17.7 Å². The topological polar surface area (TPSA) is 57.7 Å². The second-order valence-electron chi connectivity index (χ2n) is 7.01. The molecule has 1 aliphatic rings. The summed E-state index contributed by atoms with van der Waals surface area (Å²) in [6.45, 7) is 0.435. The predicted octanol–water partition coefficient (Wildman–Crippen LogP) is 3.61. The Morgan fingerprint density at radius 3 is 2.14 bits per heavy atom. The molecule has 29 heavy (non-hydrogen) atoms. The normalized spacial score (nSPS) is 14.0. The van der Waals surface area contributed by atoms with Gasteiger partial charge in [0.2, 0.25) is 5.91 Å². The molecule has 0 radical (unpaired) electrons. The number of nitrogens with zero attached hydrogens (tertiary/aromatic N) is 2. The number of fused-ring (bicyclic) bond motifs is 1. The minimum absolute atomic E-state index is 0.253. The standard InChI is InChI=1S/C23H20N2O3S/c1-24(15-17-10-7-13-29-17)23(28)20(14-16-8-3-2-4-9-16)25-21(26)18-11-5-6-12-19(18)22(25)27/h2-13,20H,14-15H2,1H3/t20-/m1/s1. The summed E-state index contributed by atoms with van der Waals surface area (Å²) < 4.78 is 0. The van der Waals surface area contributed by atoms with E-state index in [4.69, 9.17) is 0 Å². The minimum Gasteiger partial charge on any atom is -0.339 e. The third-order valence-corrected chi connectivity index (χ3v) is 5.90. The van der Waals surface area contributed by atoms with E-state index in [2.05, 4.69) is 0 Å². The molecule has 0 spiro atoms. The first-order valence-corrected chi connectivity index (χ1v) is 10.2. The lowest BCUT2D eigenvalue weighted by Crippen LogP contribution is -2.51. The van der Waals surface area contributed by atoms with Crippen molar-refractivity contribution in [3.63, 3.8) is 0 Å². The molecule has 2 heterocycles. The number of benzene rings is 2. The maximum atomic E-state index is 13.4. The van der Waals surface area contributed by atoms with Crippen molar-refractivity contribution in [1.82, 2.24) is 9.80 Å². The van der Waals surface area contributed by atoms with E-state index in [1.807, 2.05) is 47.8 Å². The molecular formula is C23H20N2O3S. The van der Waals surface area contributed by atoms with Gasteiger partial charge in [-0.3, -0.25) is 19.3 Å². The van der Waals surface area contributed by atoms with Gasteiger partial charge in [0, 0.05) is 18.3 Å². The smallest absolute Gasteiger partial charge is 0.262 e. The van der Waals surface area contributed by atoms with Crippen molar-refractivity contribution >= 4 is 29.1 Å². The van der Waals surface area contributed by atoms with Gasteiger partial charge >= 0.3 is 0 Å². The van der Waals surface area contributed by atoms with Crippen LogP contribution in [0.25, 0.3) is 0 Å². The third kappa shape index (κ3) is 3.71. The first-order valence-electron chi connectivity index (χ1n) is 9.34. The van der Waals surface area contributed by atoms with Crippen molar-refractivity contribution in [2.24, 2.45) is 0 Å². The lowest BCUT2D eigenvalue weighted by molar-refractivity contribution is -0.134. The van der Waals surface area contributed by atoms with Gasteiger partial charge in [0.15, 0.2) is 0 Å². The molecule has 0 N–H and O–H groups in total. The Morgan fingerprint density at radius 2 is 1.55 bits per heavy atom. The van der Waals surface area contributed by atoms with Crippen LogP contribution in [-0.4, -0.2) is 40.6 Å². The van der Waals surface area contributed by atoms with E-state index < -0.39 is 17.9 Å². The Kier molecular flexibility index (Phi) is 5.27. The molecule has 5 nitrogen and oxygen atoms in total. The van der Waals surface area contributed by atoms with E-state index >= 15 is 0 Å². The fraction of sp³-hybridized carbons (Fsp3) is 0.174. The van der Waals surface area contributed by atoms with Gasteiger partial charge < -0.3 is 4.90 Å². The molecule has 0 saturated carbocycles. The largest absolute Gasteiger partial charge is 0.339 e. The molecule has 1 aliphatic heterocycles. The van der Waals surface area contributed by atoms with Gasteiger partial charge in [0.25, 0.3) is 11.8 Å². The van der Waals surface area contributed by atoms with E-state index in [-0.39, 0.29) is 12.3 Å². The van der Waals surface area contributed by atoms with Crippen molar-refractivity contribution in [3.05, 3.63) is 93.7 Å². The first-order chi connectivity index (χ1) is 14.1. The van der Waals surface area contributed by atoms with E-state index in [1.54, 1.807) is 47.5 Å². The van der Waals surface area contributed by atoms with Gasteiger partial charge in [-0.05, 0) is 29.1 Å². The monoisotopic (exact) mass is 404 g/mol. The number of amides is 3. The second-order valence-corrected chi connectivity index (χ2v) is 8.04. The Bertz CT molecular complexity index is 1010. The number of hydrogen-bond acceptors (Lipinski definition) is 4. The van der Waals surface area contributed by atoms with Crippen molar-refractivity contribution in [2.75, 3.05) is 7.05 Å². The predicted molar refractivity (Wildman–Crippen MR) is 112 cm³/mol. The average Bonchev–Trinajstić information content (AvgIpc) is 3.34. The number of rotatable bonds is 6. The van der Waals surface area contributed by atoms with Crippen LogP contribution in [0.5, 0.6) is 0 Å². The van der Waals surface area contributed by atoms with Crippen molar-refractivity contribution < 1.29 is 14.4 Å². The Morgan fingerprint density at radius 1 is 0.931 bits per heavy atom. The maximum Gasteiger partial charge on any atom is 0.262 e. The number of imide groups is 1. The van der Waals surface area contributed by atoms with Crippen molar-refractivity contribution in [1.29, 1.82) is 0 Å². The second kappa shape index (κ2) is 8.01. The Balaban J connectivity index is 1.66. The van der Waals surface area contributed by atoms with Gasteiger partial charge in [-0.25, -0.2) is 0 Å². The summed E-state index contributed by atoms with van der Waals surface area (Å²) in [5.41, 5.74) is 1.60. The number of hydrogen-bond donors (Lipinski definition) is 0. The number of carbonyl (C=O) groups is 3. The van der Waals surface area contributed by atoms with Crippen LogP contribution in [-0.2, 0) is 17.8 Å². The van der Waals surface area contributed by atoms with Gasteiger partial charge in [-0.1, -0.05) is 48.5 Å². The van der Waals surface area contributed by atoms with Crippen LogP contribution in [0.4, 0.5) is 0 Å². The van der Waals surface area contributed by atoms with Crippen LogP contribution in [0.3, 0.4) is 0 Å². The highest BCUT2D eigenvalue weighted by Gasteiger charge is 2.43. The van der Waals surface area contributed by atoms with Crippen LogP contribution in [0, 0.1) is 0 Å². The summed E-state index contributed by atoms with van der Waals surface area (Å²) in [6, 6.07) is 19.2. The summed E-state index contributed by atoms with van der Waals surface area (Å²) >= 11 is 1.57. The zero-order valence-electron chi connectivity index (χ0n) is 15.9. The Labute approximate surface area is 173 Å². The van der Waals surface area contributed by atoms with Crippen molar-refractivity contribution in [2.45, 2.75) is 19.0 Å². The van der Waals surface area contributed by atoms with E-state index in [0.717, 1.165) is 15.3 Å². The number of carbonyl (C=O) groups excluding carboxylic acids is 3. The van der Waals surface area contributed by atoms with E-state index in [0.29, 0.717) is 17.7 Å². The van der Waals surface area contributed by atoms with Crippen LogP contribution in [0.1, 0.15) is 31.2 Å². The summed E-state index contributed by atoms with van der Waals surface area (Å²) in [4.78, 5) is 43.2. The van der Waals surface area contributed by atoms with E-state index in [9.17, 15) is 14.4 Å². The molecule has 1 aromatic heterocycles. The zero-order valence-corrected chi connectivity index (χ0v) is 16.8. The molecule has 146 valence electrons. The molecule has 1 atom stereocenters. The molecule has 0 bridgehead atoms. The van der Waals surface area contributed by atoms with Crippen molar-refractivity contribution in [3.8, 4) is 0 Å². The highest BCUT2D eigenvalue weighted by Crippen LogP contribution is 2.27. The molecule has 0 fully saturated rings. The van der Waals surface area contributed by atoms with Gasteiger partial charge in [-0.15, -0.1) is 11.3 Å². The fourth-order valence-electron chi connectivity index (χ4n) is 3.59. The molecule has 0 aliphatic carbocycles. The van der Waals surface area contributed by atoms with Crippen LogP contribution in [0.2, 0.25) is 0 Å². The third-order valence-electron chi connectivity index (χ3n) is 5.04. The molecule has 0 saturated heterocycles. The van der Waals surface area contributed by atoms with E-state index in [1.165, 1.54) is 0 Å². The molecule has 2 aromatic carbocycles. The average molecular weight is 404 g/mol. The highest BCUT2D eigenvalue weighted by atomic mass is 32.1. The summed E-state index contributed by atoms with van der Waals surface area (Å²) in [7, 11) is 1.71. The lowest BCUT2D eigenvalue weighted by atomic mass is 10.0. The SMILES string of the molecule is CN(Cc1cccs1)C(=O)[C@@H](Cc1ccccc1)N1C(=O)c2ccccc2C1=O. The minimum atomic E-state index is -0.894. The zero-order chi connectivity index (χ0) is 20.4. The fourth-order valence-corrected chi connectivity index (χ4v) is 4.34. The maximum absolute atomic E-state index is 13.4. The quantitative estimate of drug-likeness (QED) is 0.590. The first kappa shape index (κ1) is 19.1. The molecule has 3 aromatic rings. The highest BCUT2D eigenvalue weighted by molar-refractivity contribution is 7.09. The van der Waals surface area contributed by atoms with Crippen LogP contribution >= 0.6 is 11.3 Å². The summed E-state index contributed by atoms with van der Waals surface area (Å²) in [5, 5.41) is 1.96. The van der Waals surface area contributed by atoms with Crippen LogP contribution in [0.15, 0.2) is 72.1 Å². The Hall–Kier alpha value is -3.25. The molecular weight excluding hydrogens is 384 g/mol. The van der Waals surface area contributed by atoms with Gasteiger partial charge in [-0.2, -0.15) is 0 Å². The number of likely N-dealkylation sites (N-methyl/N-ethyl adjacent to an activating group) is 1. The summed E-state index contributed by atoms with van der Waals surface area (Å²) in [6.07, 6.45) is 0.278. The molecule has 4 rings (SSSR count).